The quantitative estimate of drug-likeness (QED) is 0.794. The van der Waals surface area contributed by atoms with Gasteiger partial charge in [-0.25, -0.2) is 0 Å². The van der Waals surface area contributed by atoms with Gasteiger partial charge in [0.1, 0.15) is 0 Å². The molecule has 1 N–H and O–H groups in total. The number of rotatable bonds is 3. The molecule has 0 aromatic rings. The summed E-state index contributed by atoms with van der Waals surface area (Å²) in [7, 11) is 0. The van der Waals surface area contributed by atoms with Gasteiger partial charge in [-0.05, 0) is 49.0 Å². The second-order valence-corrected chi connectivity index (χ2v) is 6.49. The Bertz CT molecular complexity index is 189. The van der Waals surface area contributed by atoms with E-state index in [4.69, 9.17) is 0 Å². The molecular weight excluding hydrogens is 202 g/mol. The minimum absolute atomic E-state index is 0.822. The third-order valence-corrected chi connectivity index (χ3v) is 5.47. The molecule has 1 saturated carbocycles. The van der Waals surface area contributed by atoms with Gasteiger partial charge in [-0.1, -0.05) is 20.3 Å². The summed E-state index contributed by atoms with van der Waals surface area (Å²) < 4.78 is 0. The number of thioether (sulfide) groups is 1. The van der Waals surface area contributed by atoms with Crippen LogP contribution in [0.3, 0.4) is 0 Å². The van der Waals surface area contributed by atoms with Gasteiger partial charge in [0.2, 0.25) is 0 Å². The molecule has 2 fully saturated rings. The molecule has 1 nitrogen and oxygen atoms in total. The fraction of sp³-hybridized carbons (Fsp3) is 1.00. The second kappa shape index (κ2) is 5.58. The SMILES string of the molecule is CCC1CCC(NC2CCSCC2)C1C. The van der Waals surface area contributed by atoms with Crippen LogP contribution in [0.4, 0.5) is 0 Å². The zero-order valence-electron chi connectivity index (χ0n) is 10.2. The minimum Gasteiger partial charge on any atom is -0.311 e. The molecule has 2 rings (SSSR count). The van der Waals surface area contributed by atoms with Gasteiger partial charge in [0.15, 0.2) is 0 Å². The Morgan fingerprint density at radius 3 is 2.47 bits per heavy atom. The van der Waals surface area contributed by atoms with Crippen LogP contribution in [0.15, 0.2) is 0 Å². The van der Waals surface area contributed by atoms with Crippen molar-refractivity contribution in [3.63, 3.8) is 0 Å². The van der Waals surface area contributed by atoms with Crippen molar-refractivity contribution in [1.29, 1.82) is 0 Å². The predicted octanol–water partition coefficient (Wildman–Crippen LogP) is 3.30. The normalized spacial score (nSPS) is 38.4. The molecular formula is C13H25NS. The maximum Gasteiger partial charge on any atom is 0.00980 e. The molecule has 15 heavy (non-hydrogen) atoms. The fourth-order valence-electron chi connectivity index (χ4n) is 3.23. The van der Waals surface area contributed by atoms with Gasteiger partial charge < -0.3 is 5.32 Å². The van der Waals surface area contributed by atoms with E-state index in [-0.39, 0.29) is 0 Å². The Kier molecular flexibility index (Phi) is 4.39. The van der Waals surface area contributed by atoms with Crippen LogP contribution in [-0.4, -0.2) is 23.6 Å². The molecule has 2 aliphatic rings. The largest absolute Gasteiger partial charge is 0.311 e. The van der Waals surface area contributed by atoms with Crippen LogP contribution in [0.25, 0.3) is 0 Å². The van der Waals surface area contributed by atoms with E-state index >= 15 is 0 Å². The maximum atomic E-state index is 3.92. The van der Waals surface area contributed by atoms with Gasteiger partial charge in [0.25, 0.3) is 0 Å². The van der Waals surface area contributed by atoms with Gasteiger partial charge in [-0.2, -0.15) is 11.8 Å². The van der Waals surface area contributed by atoms with Crippen molar-refractivity contribution in [3.05, 3.63) is 0 Å². The van der Waals surface area contributed by atoms with Gasteiger partial charge >= 0.3 is 0 Å². The van der Waals surface area contributed by atoms with Crippen molar-refractivity contribution in [1.82, 2.24) is 5.32 Å². The summed E-state index contributed by atoms with van der Waals surface area (Å²) in [6.45, 7) is 4.80. The topological polar surface area (TPSA) is 12.0 Å². The smallest absolute Gasteiger partial charge is 0.00980 e. The van der Waals surface area contributed by atoms with Gasteiger partial charge in [-0.3, -0.25) is 0 Å². The Balaban J connectivity index is 1.79. The molecule has 1 saturated heterocycles. The Morgan fingerprint density at radius 1 is 1.13 bits per heavy atom. The molecule has 1 aliphatic carbocycles. The highest BCUT2D eigenvalue weighted by molar-refractivity contribution is 7.99. The van der Waals surface area contributed by atoms with Gasteiger partial charge in [0.05, 0.1) is 0 Å². The first-order chi connectivity index (χ1) is 7.31. The number of hydrogen-bond acceptors (Lipinski definition) is 2. The minimum atomic E-state index is 0.822. The highest BCUT2D eigenvalue weighted by atomic mass is 32.2. The van der Waals surface area contributed by atoms with Crippen molar-refractivity contribution in [2.45, 2.75) is 58.0 Å². The maximum absolute atomic E-state index is 3.92. The molecule has 3 atom stereocenters. The summed E-state index contributed by atoms with van der Waals surface area (Å²) in [5.41, 5.74) is 0. The van der Waals surface area contributed by atoms with Crippen molar-refractivity contribution < 1.29 is 0 Å². The zero-order valence-corrected chi connectivity index (χ0v) is 11.0. The molecule has 1 aliphatic heterocycles. The van der Waals surface area contributed by atoms with Crippen LogP contribution in [-0.2, 0) is 0 Å². The van der Waals surface area contributed by atoms with Crippen LogP contribution in [0.1, 0.15) is 46.0 Å². The van der Waals surface area contributed by atoms with E-state index in [0.29, 0.717) is 0 Å². The van der Waals surface area contributed by atoms with Crippen LogP contribution < -0.4 is 5.32 Å². The molecule has 0 aromatic heterocycles. The molecule has 0 radical (unpaired) electrons. The highest BCUT2D eigenvalue weighted by Gasteiger charge is 2.32. The molecule has 0 bridgehead atoms. The van der Waals surface area contributed by atoms with Crippen LogP contribution >= 0.6 is 11.8 Å². The van der Waals surface area contributed by atoms with E-state index in [1.165, 1.54) is 43.6 Å². The standard InChI is InChI=1S/C13H25NS/c1-3-11-4-5-13(10(11)2)14-12-6-8-15-9-7-12/h10-14H,3-9H2,1-2H3. The molecule has 0 aromatic carbocycles. The first kappa shape index (κ1) is 11.8. The van der Waals surface area contributed by atoms with Crippen molar-refractivity contribution >= 4 is 11.8 Å². The average molecular weight is 227 g/mol. The lowest BCUT2D eigenvalue weighted by Gasteiger charge is -2.29. The lowest BCUT2D eigenvalue weighted by Crippen LogP contribution is -2.42. The van der Waals surface area contributed by atoms with Crippen LogP contribution in [0, 0.1) is 11.8 Å². The second-order valence-electron chi connectivity index (χ2n) is 5.26. The summed E-state index contributed by atoms with van der Waals surface area (Å²) in [4.78, 5) is 0. The number of nitrogens with one attached hydrogen (secondary N) is 1. The molecule has 0 spiro atoms. The van der Waals surface area contributed by atoms with E-state index in [1.807, 2.05) is 0 Å². The Labute approximate surface area is 98.8 Å². The Morgan fingerprint density at radius 2 is 1.87 bits per heavy atom. The van der Waals surface area contributed by atoms with E-state index in [1.54, 1.807) is 0 Å². The highest BCUT2D eigenvalue weighted by Crippen LogP contribution is 2.34. The van der Waals surface area contributed by atoms with E-state index in [9.17, 15) is 0 Å². The zero-order chi connectivity index (χ0) is 10.7. The summed E-state index contributed by atoms with van der Waals surface area (Å²) in [6, 6.07) is 1.65. The van der Waals surface area contributed by atoms with Crippen LogP contribution in [0.5, 0.6) is 0 Å². The average Bonchev–Trinajstić information content (AvgIpc) is 2.62. The van der Waals surface area contributed by atoms with E-state index < -0.39 is 0 Å². The first-order valence-electron chi connectivity index (χ1n) is 6.65. The molecule has 88 valence electrons. The third kappa shape index (κ3) is 2.91. The molecule has 1 heterocycles. The van der Waals surface area contributed by atoms with E-state index in [0.717, 1.165) is 23.9 Å². The summed E-state index contributed by atoms with van der Waals surface area (Å²) in [5, 5.41) is 3.92. The fourth-order valence-corrected chi connectivity index (χ4v) is 4.33. The van der Waals surface area contributed by atoms with Crippen molar-refractivity contribution in [3.8, 4) is 0 Å². The van der Waals surface area contributed by atoms with E-state index in [2.05, 4.69) is 30.9 Å². The molecule has 0 amide bonds. The monoisotopic (exact) mass is 227 g/mol. The predicted molar refractivity (Wildman–Crippen MR) is 69.4 cm³/mol. The number of hydrogen-bond donors (Lipinski definition) is 1. The van der Waals surface area contributed by atoms with Crippen LogP contribution in [0.2, 0.25) is 0 Å². The molecule has 2 heteroatoms. The van der Waals surface area contributed by atoms with Gasteiger partial charge in [-0.15, -0.1) is 0 Å². The van der Waals surface area contributed by atoms with Gasteiger partial charge in [0, 0.05) is 12.1 Å². The van der Waals surface area contributed by atoms with Crippen molar-refractivity contribution in [2.75, 3.05) is 11.5 Å². The summed E-state index contributed by atoms with van der Waals surface area (Å²) in [6.07, 6.45) is 7.04. The lowest BCUT2D eigenvalue weighted by atomic mass is 9.93. The third-order valence-electron chi connectivity index (χ3n) is 4.42. The summed E-state index contributed by atoms with van der Waals surface area (Å²) in [5.74, 6) is 4.64. The summed E-state index contributed by atoms with van der Waals surface area (Å²) >= 11 is 2.12. The van der Waals surface area contributed by atoms with Crippen molar-refractivity contribution in [2.24, 2.45) is 11.8 Å². The Hall–Kier alpha value is 0.310. The first-order valence-corrected chi connectivity index (χ1v) is 7.80. The molecule has 3 unspecified atom stereocenters. The lowest BCUT2D eigenvalue weighted by molar-refractivity contribution is 0.312.